The van der Waals surface area contributed by atoms with E-state index in [0.29, 0.717) is 18.1 Å². The first-order valence-electron chi connectivity index (χ1n) is 12.6. The number of pyridine rings is 2. The van der Waals surface area contributed by atoms with Gasteiger partial charge in [-0.2, -0.15) is 0 Å². The van der Waals surface area contributed by atoms with Crippen LogP contribution in [0.5, 0.6) is 5.88 Å². The zero-order chi connectivity index (χ0) is 26.1. The predicted molar refractivity (Wildman–Crippen MR) is 143 cm³/mol. The summed E-state index contributed by atoms with van der Waals surface area (Å²) in [6.45, 7) is 0.303. The van der Waals surface area contributed by atoms with Crippen LogP contribution in [0.2, 0.25) is 0 Å². The Balaban J connectivity index is 1.43. The number of benzene rings is 2. The van der Waals surface area contributed by atoms with Crippen molar-refractivity contribution in [1.82, 2.24) is 15.3 Å². The van der Waals surface area contributed by atoms with Gasteiger partial charge in [-0.15, -0.1) is 0 Å². The summed E-state index contributed by atoms with van der Waals surface area (Å²) in [6, 6.07) is 23.6. The quantitative estimate of drug-likeness (QED) is 0.364. The topological polar surface area (TPSA) is 105 Å². The normalized spacial score (nSPS) is 15.7. The smallest absolute Gasteiger partial charge is 0.405 e. The lowest BCUT2D eigenvalue weighted by Crippen LogP contribution is -2.50. The zero-order valence-electron chi connectivity index (χ0n) is 20.6. The summed E-state index contributed by atoms with van der Waals surface area (Å²) >= 11 is 0. The van der Waals surface area contributed by atoms with Crippen molar-refractivity contribution < 1.29 is 19.4 Å². The van der Waals surface area contributed by atoms with E-state index >= 15 is 0 Å². The zero-order valence-corrected chi connectivity index (χ0v) is 20.6. The average Bonchev–Trinajstić information content (AvgIpc) is 2.93. The first-order chi connectivity index (χ1) is 18.5. The molecule has 2 aliphatic rings. The largest absolute Gasteiger partial charge is 0.466 e. The number of hydrogen-bond acceptors (Lipinski definition) is 5. The van der Waals surface area contributed by atoms with Gasteiger partial charge in [-0.05, 0) is 54.2 Å². The molecular weight excluding hydrogens is 480 g/mol. The second kappa shape index (κ2) is 9.63. The van der Waals surface area contributed by atoms with Gasteiger partial charge < -0.3 is 20.1 Å². The fourth-order valence-corrected chi connectivity index (χ4v) is 5.20. The van der Waals surface area contributed by atoms with E-state index in [1.54, 1.807) is 17.3 Å². The number of ether oxygens (including phenoxy) is 1. The summed E-state index contributed by atoms with van der Waals surface area (Å²) in [6.07, 6.45) is 4.95. The maximum absolute atomic E-state index is 12.9. The maximum Gasteiger partial charge on any atom is 0.405 e. The Labute approximate surface area is 219 Å². The number of carboxylic acid groups (broad SMARTS) is 1. The van der Waals surface area contributed by atoms with Crippen molar-refractivity contribution in [3.63, 3.8) is 0 Å². The lowest BCUT2D eigenvalue weighted by molar-refractivity contribution is -0.121. The standard InChI is InChI=1S/C30H26N4O4/c35-26-19-38-28-25(34(26)18-20-11-15-31-16-12-20)17-24(21-5-2-1-3-6-21)27(32-28)22-7-9-23(10-8-22)30(13-4-14-30)33-29(36)37/h1-3,5-12,15-17,33H,4,13-14,18-19H2,(H,36,37). The summed E-state index contributed by atoms with van der Waals surface area (Å²) in [5, 5.41) is 12.1. The van der Waals surface area contributed by atoms with Crippen molar-refractivity contribution in [3.8, 4) is 28.3 Å². The minimum atomic E-state index is -1.01. The minimum Gasteiger partial charge on any atom is -0.466 e. The van der Waals surface area contributed by atoms with Crippen molar-refractivity contribution in [3.05, 3.63) is 96.3 Å². The van der Waals surface area contributed by atoms with E-state index in [-0.39, 0.29) is 12.5 Å². The summed E-state index contributed by atoms with van der Waals surface area (Å²) in [7, 11) is 0. The molecule has 6 rings (SSSR count). The number of anilines is 1. The van der Waals surface area contributed by atoms with Crippen LogP contribution in [0.3, 0.4) is 0 Å². The van der Waals surface area contributed by atoms with Gasteiger partial charge in [0, 0.05) is 23.5 Å². The van der Waals surface area contributed by atoms with E-state index in [9.17, 15) is 14.7 Å². The number of hydrogen-bond donors (Lipinski definition) is 2. The number of rotatable bonds is 6. The van der Waals surface area contributed by atoms with Crippen molar-refractivity contribution in [2.75, 3.05) is 11.5 Å². The third kappa shape index (κ3) is 4.34. The molecule has 1 aliphatic carbocycles. The predicted octanol–water partition coefficient (Wildman–Crippen LogP) is 5.38. The Hall–Kier alpha value is -4.72. The van der Waals surface area contributed by atoms with Gasteiger partial charge in [0.15, 0.2) is 6.61 Å². The summed E-state index contributed by atoms with van der Waals surface area (Å²) < 4.78 is 5.82. The van der Waals surface area contributed by atoms with Crippen molar-refractivity contribution >= 4 is 17.7 Å². The van der Waals surface area contributed by atoms with Crippen LogP contribution in [0.4, 0.5) is 10.5 Å². The molecule has 8 heteroatoms. The van der Waals surface area contributed by atoms with Gasteiger partial charge in [-0.25, -0.2) is 9.78 Å². The Morgan fingerprint density at radius 2 is 1.74 bits per heavy atom. The van der Waals surface area contributed by atoms with Crippen LogP contribution in [-0.4, -0.2) is 33.7 Å². The van der Waals surface area contributed by atoms with Crippen molar-refractivity contribution in [2.45, 2.75) is 31.3 Å². The molecule has 0 spiro atoms. The van der Waals surface area contributed by atoms with Gasteiger partial charge in [0.2, 0.25) is 5.88 Å². The molecule has 1 fully saturated rings. The van der Waals surface area contributed by atoms with Crippen LogP contribution in [0.1, 0.15) is 30.4 Å². The lowest BCUT2D eigenvalue weighted by Gasteiger charge is -2.42. The molecule has 0 bridgehead atoms. The maximum atomic E-state index is 12.9. The number of carbonyl (C=O) groups is 2. The molecule has 0 radical (unpaired) electrons. The highest BCUT2D eigenvalue weighted by molar-refractivity contribution is 5.99. The van der Waals surface area contributed by atoms with Crippen LogP contribution in [-0.2, 0) is 16.9 Å². The van der Waals surface area contributed by atoms with Crippen LogP contribution in [0, 0.1) is 0 Å². The first-order valence-corrected chi connectivity index (χ1v) is 12.6. The summed E-state index contributed by atoms with van der Waals surface area (Å²) in [4.78, 5) is 35.0. The Morgan fingerprint density at radius 3 is 2.39 bits per heavy atom. The third-order valence-electron chi connectivity index (χ3n) is 7.33. The Kier molecular flexibility index (Phi) is 5.99. The number of nitrogens with one attached hydrogen (secondary N) is 1. The average molecular weight is 507 g/mol. The van der Waals surface area contributed by atoms with E-state index in [2.05, 4.69) is 10.3 Å². The second-order valence-corrected chi connectivity index (χ2v) is 9.64. The number of amides is 2. The molecular formula is C30H26N4O4. The van der Waals surface area contributed by atoms with Gasteiger partial charge in [0.05, 0.1) is 17.8 Å². The van der Waals surface area contributed by atoms with Crippen LogP contribution in [0.15, 0.2) is 85.2 Å². The van der Waals surface area contributed by atoms with E-state index < -0.39 is 11.6 Å². The molecule has 190 valence electrons. The van der Waals surface area contributed by atoms with E-state index in [1.165, 1.54) is 0 Å². The molecule has 0 saturated heterocycles. The molecule has 4 aromatic rings. The van der Waals surface area contributed by atoms with Gasteiger partial charge in [-0.1, -0.05) is 54.6 Å². The molecule has 0 atom stereocenters. The molecule has 1 saturated carbocycles. The highest BCUT2D eigenvalue weighted by Crippen LogP contribution is 2.44. The summed E-state index contributed by atoms with van der Waals surface area (Å²) in [5.41, 5.74) is 5.43. The molecule has 1 aliphatic heterocycles. The van der Waals surface area contributed by atoms with Gasteiger partial charge in [-0.3, -0.25) is 9.78 Å². The number of aromatic nitrogens is 2. The van der Waals surface area contributed by atoms with E-state index in [0.717, 1.165) is 52.8 Å². The van der Waals surface area contributed by atoms with Gasteiger partial charge in [0.25, 0.3) is 5.91 Å². The molecule has 38 heavy (non-hydrogen) atoms. The molecule has 2 aromatic carbocycles. The number of fused-ring (bicyclic) bond motifs is 1. The highest BCUT2D eigenvalue weighted by atomic mass is 16.5. The first kappa shape index (κ1) is 23.7. The van der Waals surface area contributed by atoms with E-state index in [1.807, 2.05) is 72.8 Å². The molecule has 3 heterocycles. The molecule has 0 unspecified atom stereocenters. The number of nitrogens with zero attached hydrogens (tertiary/aromatic N) is 3. The molecule has 2 N–H and O–H groups in total. The lowest BCUT2D eigenvalue weighted by atomic mass is 9.71. The number of carbonyl (C=O) groups excluding carboxylic acids is 1. The monoisotopic (exact) mass is 506 g/mol. The Bertz CT molecular complexity index is 1490. The van der Waals surface area contributed by atoms with E-state index in [4.69, 9.17) is 9.72 Å². The fourth-order valence-electron chi connectivity index (χ4n) is 5.20. The minimum absolute atomic E-state index is 0.0858. The second-order valence-electron chi connectivity index (χ2n) is 9.64. The highest BCUT2D eigenvalue weighted by Gasteiger charge is 2.40. The summed E-state index contributed by atoms with van der Waals surface area (Å²) in [5.74, 6) is 0.268. The molecule has 2 amide bonds. The van der Waals surface area contributed by atoms with Crippen LogP contribution < -0.4 is 15.0 Å². The molecule has 2 aromatic heterocycles. The van der Waals surface area contributed by atoms with Gasteiger partial charge in [0.1, 0.15) is 5.69 Å². The van der Waals surface area contributed by atoms with Crippen LogP contribution in [0.25, 0.3) is 22.4 Å². The Morgan fingerprint density at radius 1 is 1.00 bits per heavy atom. The third-order valence-corrected chi connectivity index (χ3v) is 7.33. The SMILES string of the molecule is O=C(O)NC1(c2ccc(-c3nc4c(cc3-c3ccccc3)N(Cc3ccncc3)C(=O)CO4)cc2)CCC1. The van der Waals surface area contributed by atoms with Crippen LogP contribution >= 0.6 is 0 Å². The van der Waals surface area contributed by atoms with Crippen molar-refractivity contribution in [1.29, 1.82) is 0 Å². The van der Waals surface area contributed by atoms with Crippen molar-refractivity contribution in [2.24, 2.45) is 0 Å². The fraction of sp³-hybridized carbons (Fsp3) is 0.200. The molecule has 8 nitrogen and oxygen atoms in total. The van der Waals surface area contributed by atoms with Gasteiger partial charge >= 0.3 is 6.09 Å².